The molecule has 2 nitrogen and oxygen atoms in total. The molecule has 0 N–H and O–H groups in total. The molecule has 0 amide bonds. The Morgan fingerprint density at radius 2 is 2.10 bits per heavy atom. The van der Waals surface area contributed by atoms with Crippen LogP contribution in [0.2, 0.25) is 0 Å². The van der Waals surface area contributed by atoms with E-state index in [0.717, 1.165) is 15.6 Å². The second-order valence-electron chi connectivity index (χ2n) is 4.07. The molecule has 0 heterocycles. The Bertz CT molecular complexity index is 676. The monoisotopic (exact) mass is 331 g/mol. The largest absolute Gasteiger partial charge is 0.488 e. The predicted molar refractivity (Wildman–Crippen MR) is 79.5 cm³/mol. The summed E-state index contributed by atoms with van der Waals surface area (Å²) in [7, 11) is 0. The van der Waals surface area contributed by atoms with E-state index in [2.05, 4.69) is 15.9 Å². The van der Waals surface area contributed by atoms with Gasteiger partial charge in [0.2, 0.25) is 0 Å². The van der Waals surface area contributed by atoms with E-state index in [1.165, 1.54) is 18.2 Å². The first kappa shape index (κ1) is 14.3. The third-order valence-corrected chi connectivity index (χ3v) is 3.21. The van der Waals surface area contributed by atoms with E-state index in [1.54, 1.807) is 24.3 Å². The highest BCUT2D eigenvalue weighted by Crippen LogP contribution is 2.27. The zero-order valence-electron chi connectivity index (χ0n) is 10.5. The normalized spacial score (nSPS) is 10.4. The molecule has 0 aromatic heterocycles. The summed E-state index contributed by atoms with van der Waals surface area (Å²) in [5.74, 6) is 0.394. The summed E-state index contributed by atoms with van der Waals surface area (Å²) in [6.07, 6.45) is 3.12. The van der Waals surface area contributed by atoms with E-state index >= 15 is 0 Å². The number of allylic oxidation sites excluding steroid dienone is 1. The average Bonchev–Trinajstić information content (AvgIpc) is 2.44. The molecule has 0 fully saturated rings. The van der Waals surface area contributed by atoms with Crippen LogP contribution in [0.5, 0.6) is 5.75 Å². The SMILES string of the molecule is N#CC=Cc1ccc(OCc2cccc(F)c2)c(Br)c1. The van der Waals surface area contributed by atoms with Gasteiger partial charge < -0.3 is 4.74 Å². The summed E-state index contributed by atoms with van der Waals surface area (Å²) in [6.45, 7) is 0.295. The van der Waals surface area contributed by atoms with Gasteiger partial charge in [-0.05, 0) is 57.4 Å². The van der Waals surface area contributed by atoms with Crippen molar-refractivity contribution in [2.45, 2.75) is 6.61 Å². The first-order chi connectivity index (χ1) is 9.69. The maximum Gasteiger partial charge on any atom is 0.134 e. The highest BCUT2D eigenvalue weighted by atomic mass is 79.9. The van der Waals surface area contributed by atoms with E-state index in [1.807, 2.05) is 18.2 Å². The van der Waals surface area contributed by atoms with Gasteiger partial charge in [-0.2, -0.15) is 5.26 Å². The number of ether oxygens (including phenoxy) is 1. The van der Waals surface area contributed by atoms with Crippen LogP contribution in [0.4, 0.5) is 4.39 Å². The smallest absolute Gasteiger partial charge is 0.134 e. The number of rotatable bonds is 4. The Labute approximate surface area is 125 Å². The van der Waals surface area contributed by atoms with Gasteiger partial charge in [0.25, 0.3) is 0 Å². The molecule has 2 aromatic rings. The van der Waals surface area contributed by atoms with Crippen molar-refractivity contribution >= 4 is 22.0 Å². The molecule has 0 spiro atoms. The summed E-state index contributed by atoms with van der Waals surface area (Å²) < 4.78 is 19.5. The quantitative estimate of drug-likeness (QED) is 0.760. The lowest BCUT2D eigenvalue weighted by Crippen LogP contribution is -1.96. The first-order valence-electron chi connectivity index (χ1n) is 5.92. The molecular weight excluding hydrogens is 321 g/mol. The van der Waals surface area contributed by atoms with Gasteiger partial charge in [0, 0.05) is 6.08 Å². The van der Waals surface area contributed by atoms with E-state index in [0.29, 0.717) is 12.4 Å². The Balaban J connectivity index is 2.07. The second kappa shape index (κ2) is 6.88. The van der Waals surface area contributed by atoms with Gasteiger partial charge in [0.15, 0.2) is 0 Å². The lowest BCUT2D eigenvalue weighted by atomic mass is 10.2. The van der Waals surface area contributed by atoms with Crippen LogP contribution in [-0.4, -0.2) is 0 Å². The minimum atomic E-state index is -0.276. The fraction of sp³-hybridized carbons (Fsp3) is 0.0625. The molecular formula is C16H11BrFNO. The van der Waals surface area contributed by atoms with Crippen molar-refractivity contribution in [2.75, 3.05) is 0 Å². The van der Waals surface area contributed by atoms with Crippen molar-refractivity contribution in [1.82, 2.24) is 0 Å². The molecule has 4 heteroatoms. The first-order valence-corrected chi connectivity index (χ1v) is 6.71. The fourth-order valence-corrected chi connectivity index (χ4v) is 2.17. The van der Waals surface area contributed by atoms with Crippen LogP contribution in [0.15, 0.2) is 53.0 Å². The van der Waals surface area contributed by atoms with Crippen molar-refractivity contribution in [1.29, 1.82) is 5.26 Å². The third kappa shape index (κ3) is 3.94. The predicted octanol–water partition coefficient (Wildman–Crippen LogP) is 4.70. The maximum atomic E-state index is 13.0. The van der Waals surface area contributed by atoms with E-state index in [9.17, 15) is 4.39 Å². The standard InChI is InChI=1S/C16H11BrFNO/c17-15-10-12(4-2-8-19)6-7-16(15)20-11-13-3-1-5-14(18)9-13/h1-7,9-10H,11H2. The van der Waals surface area contributed by atoms with Crippen LogP contribution in [0.1, 0.15) is 11.1 Å². The third-order valence-electron chi connectivity index (χ3n) is 2.59. The van der Waals surface area contributed by atoms with Gasteiger partial charge in [-0.1, -0.05) is 18.2 Å². The Morgan fingerprint density at radius 3 is 2.80 bits per heavy atom. The summed E-state index contributed by atoms with van der Waals surface area (Å²) in [5, 5.41) is 8.48. The number of benzene rings is 2. The zero-order valence-corrected chi connectivity index (χ0v) is 12.1. The summed E-state index contributed by atoms with van der Waals surface area (Å²) in [6, 6.07) is 13.7. The van der Waals surface area contributed by atoms with Crippen LogP contribution >= 0.6 is 15.9 Å². The van der Waals surface area contributed by atoms with Crippen LogP contribution < -0.4 is 4.74 Å². The van der Waals surface area contributed by atoms with Crippen molar-refractivity contribution in [3.8, 4) is 11.8 Å². The van der Waals surface area contributed by atoms with Crippen molar-refractivity contribution in [3.05, 3.63) is 70.0 Å². The number of nitrogens with zero attached hydrogens (tertiary/aromatic N) is 1. The molecule has 0 aliphatic rings. The summed E-state index contributed by atoms with van der Waals surface area (Å²) >= 11 is 3.41. The van der Waals surface area contributed by atoms with Crippen LogP contribution in [0.3, 0.4) is 0 Å². The van der Waals surface area contributed by atoms with E-state index in [-0.39, 0.29) is 5.82 Å². The maximum absolute atomic E-state index is 13.0. The average molecular weight is 332 g/mol. The molecule has 2 rings (SSSR count). The molecule has 0 radical (unpaired) electrons. The number of hydrogen-bond donors (Lipinski definition) is 0. The van der Waals surface area contributed by atoms with Gasteiger partial charge in [-0.15, -0.1) is 0 Å². The fourth-order valence-electron chi connectivity index (χ4n) is 1.66. The minimum Gasteiger partial charge on any atom is -0.488 e. The van der Waals surface area contributed by atoms with Gasteiger partial charge >= 0.3 is 0 Å². The van der Waals surface area contributed by atoms with Gasteiger partial charge in [-0.3, -0.25) is 0 Å². The molecule has 0 atom stereocenters. The molecule has 100 valence electrons. The minimum absolute atomic E-state index is 0.276. The van der Waals surface area contributed by atoms with Crippen molar-refractivity contribution in [3.63, 3.8) is 0 Å². The summed E-state index contributed by atoms with van der Waals surface area (Å²) in [4.78, 5) is 0. The molecule has 0 unspecified atom stereocenters. The topological polar surface area (TPSA) is 33.0 Å². The zero-order chi connectivity index (χ0) is 14.4. The molecule has 20 heavy (non-hydrogen) atoms. The Hall–Kier alpha value is -2.12. The highest BCUT2D eigenvalue weighted by molar-refractivity contribution is 9.10. The molecule has 0 saturated heterocycles. The van der Waals surface area contributed by atoms with Crippen LogP contribution in [-0.2, 0) is 6.61 Å². The van der Waals surface area contributed by atoms with Gasteiger partial charge in [-0.25, -0.2) is 4.39 Å². The summed E-state index contributed by atoms with van der Waals surface area (Å²) in [5.41, 5.74) is 1.67. The highest BCUT2D eigenvalue weighted by Gasteiger charge is 2.03. The van der Waals surface area contributed by atoms with E-state index in [4.69, 9.17) is 10.00 Å². The van der Waals surface area contributed by atoms with Crippen LogP contribution in [0, 0.1) is 17.1 Å². The lowest BCUT2D eigenvalue weighted by Gasteiger charge is -2.09. The second-order valence-corrected chi connectivity index (χ2v) is 4.93. The Morgan fingerprint density at radius 1 is 1.25 bits per heavy atom. The number of nitriles is 1. The molecule has 0 bridgehead atoms. The lowest BCUT2D eigenvalue weighted by molar-refractivity contribution is 0.303. The Kier molecular flexibility index (Phi) is 4.91. The van der Waals surface area contributed by atoms with Crippen molar-refractivity contribution < 1.29 is 9.13 Å². The van der Waals surface area contributed by atoms with E-state index < -0.39 is 0 Å². The number of hydrogen-bond acceptors (Lipinski definition) is 2. The molecule has 2 aromatic carbocycles. The van der Waals surface area contributed by atoms with Gasteiger partial charge in [0.05, 0.1) is 10.5 Å². The van der Waals surface area contributed by atoms with Gasteiger partial charge in [0.1, 0.15) is 18.2 Å². The molecule has 0 aliphatic heterocycles. The van der Waals surface area contributed by atoms with Crippen LogP contribution in [0.25, 0.3) is 6.08 Å². The molecule has 0 saturated carbocycles. The number of halogens is 2. The molecule has 0 aliphatic carbocycles. The van der Waals surface area contributed by atoms with Crippen molar-refractivity contribution in [2.24, 2.45) is 0 Å².